The zero-order valence-electron chi connectivity index (χ0n) is 9.13. The molecule has 0 aromatic heterocycles. The summed E-state index contributed by atoms with van der Waals surface area (Å²) < 4.78 is 0. The third-order valence-electron chi connectivity index (χ3n) is 2.44. The van der Waals surface area contributed by atoms with Gasteiger partial charge in [-0.15, -0.1) is 0 Å². The van der Waals surface area contributed by atoms with E-state index in [0.29, 0.717) is 12.1 Å². The molecular formula is C10H16N2O3. The van der Waals surface area contributed by atoms with E-state index in [-0.39, 0.29) is 17.5 Å². The highest BCUT2D eigenvalue weighted by Gasteiger charge is 2.32. The lowest BCUT2D eigenvalue weighted by molar-refractivity contribution is -0.133. The zero-order chi connectivity index (χ0) is 11.6. The monoisotopic (exact) mass is 212 g/mol. The Balaban J connectivity index is 3.15. The fourth-order valence-electron chi connectivity index (χ4n) is 1.68. The lowest BCUT2D eigenvalue weighted by Gasteiger charge is -2.30. The first-order valence-corrected chi connectivity index (χ1v) is 5.01. The maximum Gasteiger partial charge on any atom is 0.335 e. The molecule has 0 aliphatic carbocycles. The van der Waals surface area contributed by atoms with E-state index in [1.165, 1.54) is 0 Å². The van der Waals surface area contributed by atoms with Gasteiger partial charge in [0.1, 0.15) is 0 Å². The van der Waals surface area contributed by atoms with Crippen molar-refractivity contribution in [1.29, 1.82) is 0 Å². The van der Waals surface area contributed by atoms with Gasteiger partial charge >= 0.3 is 12.0 Å². The Morgan fingerprint density at radius 2 is 2.13 bits per heavy atom. The summed E-state index contributed by atoms with van der Waals surface area (Å²) in [6.07, 6.45) is 0.512. The molecule has 3 N–H and O–H groups in total. The molecule has 1 rings (SSSR count). The Bertz CT molecular complexity index is 321. The van der Waals surface area contributed by atoms with Crippen molar-refractivity contribution in [1.82, 2.24) is 10.6 Å². The van der Waals surface area contributed by atoms with Gasteiger partial charge in [-0.05, 0) is 12.3 Å². The molecule has 0 saturated heterocycles. The summed E-state index contributed by atoms with van der Waals surface area (Å²) in [5.41, 5.74) is 0.775. The van der Waals surface area contributed by atoms with Crippen molar-refractivity contribution >= 4 is 12.0 Å². The van der Waals surface area contributed by atoms with E-state index in [2.05, 4.69) is 10.6 Å². The molecule has 1 aliphatic heterocycles. The van der Waals surface area contributed by atoms with Gasteiger partial charge in [0.2, 0.25) is 0 Å². The van der Waals surface area contributed by atoms with Crippen LogP contribution in [0.5, 0.6) is 0 Å². The molecule has 1 aliphatic rings. The van der Waals surface area contributed by atoms with E-state index in [1.807, 2.05) is 20.8 Å². The predicted molar refractivity (Wildman–Crippen MR) is 55.2 cm³/mol. The van der Waals surface area contributed by atoms with Crippen molar-refractivity contribution in [3.8, 4) is 0 Å². The normalized spacial score (nSPS) is 21.3. The van der Waals surface area contributed by atoms with Crippen LogP contribution in [-0.4, -0.2) is 23.1 Å². The number of carboxylic acid groups (broad SMARTS) is 1. The minimum absolute atomic E-state index is 0.0590. The average Bonchev–Trinajstić information content (AvgIpc) is 2.15. The van der Waals surface area contributed by atoms with Crippen LogP contribution in [0.3, 0.4) is 0 Å². The zero-order valence-corrected chi connectivity index (χ0v) is 9.13. The van der Waals surface area contributed by atoms with Crippen molar-refractivity contribution in [3.05, 3.63) is 11.3 Å². The maximum atomic E-state index is 11.3. The molecule has 2 amide bonds. The lowest BCUT2D eigenvalue weighted by Crippen LogP contribution is -2.52. The minimum Gasteiger partial charge on any atom is -0.478 e. The number of hydrogen-bond donors (Lipinski definition) is 3. The second-order valence-corrected chi connectivity index (χ2v) is 3.87. The predicted octanol–water partition coefficient (Wildman–Crippen LogP) is 1.07. The Morgan fingerprint density at radius 1 is 1.53 bits per heavy atom. The number of hydrogen-bond acceptors (Lipinski definition) is 2. The number of carboxylic acids is 1. The van der Waals surface area contributed by atoms with Crippen LogP contribution in [0.15, 0.2) is 11.3 Å². The SMILES string of the molecule is CCC1=C(C(=O)O)C(C(C)C)NC(=O)N1. The van der Waals surface area contributed by atoms with E-state index in [4.69, 9.17) is 5.11 Å². The van der Waals surface area contributed by atoms with Crippen molar-refractivity contribution in [2.75, 3.05) is 0 Å². The van der Waals surface area contributed by atoms with E-state index in [0.717, 1.165) is 0 Å². The number of nitrogens with one attached hydrogen (secondary N) is 2. The summed E-state index contributed by atoms with van der Waals surface area (Å²) >= 11 is 0. The highest BCUT2D eigenvalue weighted by Crippen LogP contribution is 2.20. The second kappa shape index (κ2) is 4.33. The van der Waals surface area contributed by atoms with Gasteiger partial charge in [0, 0.05) is 5.70 Å². The van der Waals surface area contributed by atoms with Crippen LogP contribution in [0, 0.1) is 5.92 Å². The number of carbonyl (C=O) groups is 2. The largest absolute Gasteiger partial charge is 0.478 e. The summed E-state index contributed by atoms with van der Waals surface area (Å²) in [5.74, 6) is -0.915. The van der Waals surface area contributed by atoms with Gasteiger partial charge in [-0.2, -0.15) is 0 Å². The molecular weight excluding hydrogens is 196 g/mol. The molecule has 5 nitrogen and oxygen atoms in total. The molecule has 0 saturated carbocycles. The van der Waals surface area contributed by atoms with Gasteiger partial charge < -0.3 is 15.7 Å². The Hall–Kier alpha value is -1.52. The average molecular weight is 212 g/mol. The summed E-state index contributed by atoms with van der Waals surface area (Å²) in [7, 11) is 0. The van der Waals surface area contributed by atoms with Gasteiger partial charge in [-0.1, -0.05) is 20.8 Å². The quantitative estimate of drug-likeness (QED) is 0.654. The van der Waals surface area contributed by atoms with Crippen molar-refractivity contribution in [3.63, 3.8) is 0 Å². The van der Waals surface area contributed by atoms with Crippen LogP contribution >= 0.6 is 0 Å². The molecule has 0 aromatic rings. The van der Waals surface area contributed by atoms with Gasteiger partial charge in [0.25, 0.3) is 0 Å². The number of allylic oxidation sites excluding steroid dienone is 1. The van der Waals surface area contributed by atoms with E-state index < -0.39 is 12.0 Å². The standard InChI is InChI=1S/C10H16N2O3/c1-4-6-7(9(13)14)8(5(2)3)12-10(15)11-6/h5,8H,4H2,1-3H3,(H,13,14)(H2,11,12,15). The first kappa shape index (κ1) is 11.6. The molecule has 15 heavy (non-hydrogen) atoms. The van der Waals surface area contributed by atoms with Crippen LogP contribution in [-0.2, 0) is 4.79 Å². The second-order valence-electron chi connectivity index (χ2n) is 3.87. The number of amides is 2. The molecule has 1 unspecified atom stereocenters. The van der Waals surface area contributed by atoms with Crippen molar-refractivity contribution < 1.29 is 14.7 Å². The van der Waals surface area contributed by atoms with Gasteiger partial charge in [-0.25, -0.2) is 9.59 Å². The Kier molecular flexibility index (Phi) is 3.34. The molecule has 0 bridgehead atoms. The molecule has 5 heteroatoms. The first-order chi connectivity index (χ1) is 6.97. The lowest BCUT2D eigenvalue weighted by atomic mass is 9.92. The number of carbonyl (C=O) groups excluding carboxylic acids is 1. The number of aliphatic carboxylic acids is 1. The fourth-order valence-corrected chi connectivity index (χ4v) is 1.68. The summed E-state index contributed by atoms with van der Waals surface area (Å²) in [6, 6.07) is -0.734. The topological polar surface area (TPSA) is 78.4 Å². The first-order valence-electron chi connectivity index (χ1n) is 5.01. The van der Waals surface area contributed by atoms with Gasteiger partial charge in [0.15, 0.2) is 0 Å². The summed E-state index contributed by atoms with van der Waals surface area (Å²) in [5, 5.41) is 14.3. The molecule has 1 atom stereocenters. The molecule has 0 aromatic carbocycles. The van der Waals surface area contributed by atoms with E-state index in [1.54, 1.807) is 0 Å². The summed E-state index contributed by atoms with van der Waals surface area (Å²) in [6.45, 7) is 5.58. The van der Waals surface area contributed by atoms with E-state index in [9.17, 15) is 9.59 Å². The van der Waals surface area contributed by atoms with Crippen LogP contribution < -0.4 is 10.6 Å². The molecule has 0 spiro atoms. The minimum atomic E-state index is -0.974. The molecule has 1 heterocycles. The van der Waals surface area contributed by atoms with Crippen LogP contribution in [0.4, 0.5) is 4.79 Å². The Morgan fingerprint density at radius 3 is 2.53 bits per heavy atom. The van der Waals surface area contributed by atoms with Gasteiger partial charge in [0.05, 0.1) is 11.6 Å². The van der Waals surface area contributed by atoms with Gasteiger partial charge in [-0.3, -0.25) is 0 Å². The van der Waals surface area contributed by atoms with E-state index >= 15 is 0 Å². The number of rotatable bonds is 3. The number of urea groups is 1. The molecule has 0 fully saturated rings. The molecule has 84 valence electrons. The van der Waals surface area contributed by atoms with Crippen LogP contribution in [0.1, 0.15) is 27.2 Å². The summed E-state index contributed by atoms with van der Waals surface area (Å²) in [4.78, 5) is 22.4. The highest BCUT2D eigenvalue weighted by atomic mass is 16.4. The third-order valence-corrected chi connectivity index (χ3v) is 2.44. The van der Waals surface area contributed by atoms with Crippen molar-refractivity contribution in [2.24, 2.45) is 5.92 Å². The van der Waals surface area contributed by atoms with Crippen LogP contribution in [0.2, 0.25) is 0 Å². The maximum absolute atomic E-state index is 11.3. The van der Waals surface area contributed by atoms with Crippen molar-refractivity contribution in [2.45, 2.75) is 33.2 Å². The fraction of sp³-hybridized carbons (Fsp3) is 0.600. The third kappa shape index (κ3) is 2.29. The highest BCUT2D eigenvalue weighted by molar-refractivity contribution is 5.93. The smallest absolute Gasteiger partial charge is 0.335 e. The Labute approximate surface area is 88.5 Å². The molecule has 0 radical (unpaired) electrons. The van der Waals surface area contributed by atoms with Crippen LogP contribution in [0.25, 0.3) is 0 Å².